The average Bonchev–Trinajstić information content (AvgIpc) is 2.64. The van der Waals surface area contributed by atoms with Gasteiger partial charge in [0.1, 0.15) is 12.4 Å². The van der Waals surface area contributed by atoms with Crippen molar-refractivity contribution in [3.8, 4) is 5.75 Å². The van der Waals surface area contributed by atoms with Crippen LogP contribution in [0.4, 0.5) is 0 Å². The van der Waals surface area contributed by atoms with Crippen LogP contribution < -0.4 is 10.1 Å². The first-order valence-electron chi connectivity index (χ1n) is 8.03. The summed E-state index contributed by atoms with van der Waals surface area (Å²) in [6.45, 7) is 6.81. The molecule has 0 spiro atoms. The molecule has 0 aromatic heterocycles. The Morgan fingerprint density at radius 1 is 1.17 bits per heavy atom. The lowest BCUT2D eigenvalue weighted by Crippen LogP contribution is -2.25. The highest BCUT2D eigenvalue weighted by molar-refractivity contribution is 5.91. The summed E-state index contributed by atoms with van der Waals surface area (Å²) in [4.78, 5) is 11.9. The number of carbonyl (C=O) groups excluding carboxylic acids is 1. The summed E-state index contributed by atoms with van der Waals surface area (Å²) in [6, 6.07) is 17.7. The third-order valence-corrected chi connectivity index (χ3v) is 3.63. The maximum Gasteiger partial charge on any atom is 0.244 e. The highest BCUT2D eigenvalue weighted by Crippen LogP contribution is 2.14. The molecule has 2 rings (SSSR count). The molecule has 0 saturated carbocycles. The molecule has 0 unspecified atom stereocenters. The van der Waals surface area contributed by atoms with Crippen LogP contribution in [0.5, 0.6) is 5.75 Å². The normalized spacial score (nSPS) is 11.9. The predicted octanol–water partition coefficient (Wildman–Crippen LogP) is 4.18. The van der Waals surface area contributed by atoms with E-state index in [1.807, 2.05) is 42.5 Å². The zero-order valence-corrected chi connectivity index (χ0v) is 13.9. The van der Waals surface area contributed by atoms with Crippen LogP contribution in [0.1, 0.15) is 24.0 Å². The molecule has 0 fully saturated rings. The van der Waals surface area contributed by atoms with E-state index in [1.54, 1.807) is 18.2 Å². The second kappa shape index (κ2) is 9.36. The number of amides is 1. The number of nitrogens with one attached hydrogen (secondary N) is 1. The van der Waals surface area contributed by atoms with E-state index in [0.29, 0.717) is 13.2 Å². The topological polar surface area (TPSA) is 38.3 Å². The third-order valence-electron chi connectivity index (χ3n) is 3.63. The second-order valence-electron chi connectivity index (χ2n) is 5.56. The van der Waals surface area contributed by atoms with Crippen LogP contribution in [-0.2, 0) is 4.79 Å². The monoisotopic (exact) mass is 321 g/mol. The number of rotatable bonds is 8. The van der Waals surface area contributed by atoms with Gasteiger partial charge in [0, 0.05) is 12.6 Å². The lowest BCUT2D eigenvalue weighted by molar-refractivity contribution is -0.116. The number of hydrogen-bond acceptors (Lipinski definition) is 2. The van der Waals surface area contributed by atoms with E-state index < -0.39 is 0 Å². The summed E-state index contributed by atoms with van der Waals surface area (Å²) in [5, 5.41) is 2.93. The second-order valence-corrected chi connectivity index (χ2v) is 5.56. The van der Waals surface area contributed by atoms with Crippen LogP contribution in [0.3, 0.4) is 0 Å². The van der Waals surface area contributed by atoms with Crippen LogP contribution >= 0.6 is 0 Å². The first-order valence-corrected chi connectivity index (χ1v) is 8.03. The van der Waals surface area contributed by atoms with Gasteiger partial charge in [-0.2, -0.15) is 0 Å². The molecule has 0 aliphatic carbocycles. The van der Waals surface area contributed by atoms with E-state index in [1.165, 1.54) is 5.56 Å². The van der Waals surface area contributed by atoms with Crippen molar-refractivity contribution < 1.29 is 9.53 Å². The molecule has 3 nitrogen and oxygen atoms in total. The molecule has 2 aromatic rings. The number of ether oxygens (including phenoxy) is 1. The first-order chi connectivity index (χ1) is 11.7. The fraction of sp³-hybridized carbons (Fsp3) is 0.190. The van der Waals surface area contributed by atoms with Crippen LogP contribution in [0, 0.1) is 0 Å². The maximum atomic E-state index is 11.9. The molecule has 0 aliphatic rings. The van der Waals surface area contributed by atoms with E-state index >= 15 is 0 Å². The standard InChI is InChI=1S/C21H23NO2/c1-3-15-24-20-12-9-18(10-13-20)11-14-21(23)22-16-17(2)19-7-5-4-6-8-19/h3-14,17H,1,15-16H2,2H3,(H,22,23)/b14-11+/t17-/m0/s1. The first kappa shape index (κ1) is 17.5. The van der Waals surface area contributed by atoms with Gasteiger partial charge >= 0.3 is 0 Å². The van der Waals surface area contributed by atoms with Crippen molar-refractivity contribution in [2.45, 2.75) is 12.8 Å². The quantitative estimate of drug-likeness (QED) is 0.585. The Hall–Kier alpha value is -2.81. The zero-order chi connectivity index (χ0) is 17.2. The molecule has 24 heavy (non-hydrogen) atoms. The molecule has 0 radical (unpaired) electrons. The molecule has 3 heteroatoms. The van der Waals surface area contributed by atoms with Gasteiger partial charge in [-0.1, -0.05) is 62.0 Å². The van der Waals surface area contributed by atoms with Gasteiger partial charge in [-0.05, 0) is 35.3 Å². The predicted molar refractivity (Wildman–Crippen MR) is 99.0 cm³/mol. The zero-order valence-electron chi connectivity index (χ0n) is 13.9. The summed E-state index contributed by atoms with van der Waals surface area (Å²) in [6.07, 6.45) is 5.05. The fourth-order valence-electron chi connectivity index (χ4n) is 2.21. The van der Waals surface area contributed by atoms with Crippen LogP contribution in [-0.4, -0.2) is 19.1 Å². The molecular formula is C21H23NO2. The van der Waals surface area contributed by atoms with Crippen molar-refractivity contribution >= 4 is 12.0 Å². The fourth-order valence-corrected chi connectivity index (χ4v) is 2.21. The van der Waals surface area contributed by atoms with E-state index in [2.05, 4.69) is 31.0 Å². The average molecular weight is 321 g/mol. The molecule has 124 valence electrons. The molecule has 1 amide bonds. The van der Waals surface area contributed by atoms with Crippen molar-refractivity contribution in [3.63, 3.8) is 0 Å². The van der Waals surface area contributed by atoms with Crippen molar-refractivity contribution in [1.29, 1.82) is 0 Å². The Labute approximate surface area is 143 Å². The molecule has 2 aromatic carbocycles. The summed E-state index contributed by atoms with van der Waals surface area (Å²) in [7, 11) is 0. The van der Waals surface area contributed by atoms with Gasteiger partial charge in [0.05, 0.1) is 0 Å². The molecular weight excluding hydrogens is 298 g/mol. The van der Waals surface area contributed by atoms with E-state index in [-0.39, 0.29) is 11.8 Å². The van der Waals surface area contributed by atoms with Gasteiger partial charge in [0.25, 0.3) is 0 Å². The van der Waals surface area contributed by atoms with Crippen molar-refractivity contribution in [1.82, 2.24) is 5.32 Å². The van der Waals surface area contributed by atoms with Crippen molar-refractivity contribution in [3.05, 3.63) is 84.5 Å². The number of hydrogen-bond donors (Lipinski definition) is 1. The minimum atomic E-state index is -0.0928. The smallest absolute Gasteiger partial charge is 0.244 e. The molecule has 0 saturated heterocycles. The molecule has 0 aliphatic heterocycles. The van der Waals surface area contributed by atoms with Gasteiger partial charge < -0.3 is 10.1 Å². The molecule has 1 atom stereocenters. The van der Waals surface area contributed by atoms with Gasteiger partial charge in [-0.3, -0.25) is 4.79 Å². The van der Waals surface area contributed by atoms with E-state index in [4.69, 9.17) is 4.74 Å². The van der Waals surface area contributed by atoms with E-state index in [9.17, 15) is 4.79 Å². The van der Waals surface area contributed by atoms with E-state index in [0.717, 1.165) is 11.3 Å². The Morgan fingerprint density at radius 3 is 2.54 bits per heavy atom. The highest BCUT2D eigenvalue weighted by Gasteiger charge is 2.05. The van der Waals surface area contributed by atoms with Gasteiger partial charge in [-0.15, -0.1) is 0 Å². The summed E-state index contributed by atoms with van der Waals surface area (Å²) < 4.78 is 5.42. The minimum absolute atomic E-state index is 0.0928. The Balaban J connectivity index is 1.81. The van der Waals surface area contributed by atoms with Crippen molar-refractivity contribution in [2.24, 2.45) is 0 Å². The summed E-state index contributed by atoms with van der Waals surface area (Å²) in [5.74, 6) is 0.975. The lowest BCUT2D eigenvalue weighted by atomic mass is 10.0. The van der Waals surface area contributed by atoms with Crippen LogP contribution in [0.2, 0.25) is 0 Å². The highest BCUT2D eigenvalue weighted by atomic mass is 16.5. The molecule has 0 bridgehead atoms. The lowest BCUT2D eigenvalue weighted by Gasteiger charge is -2.11. The SMILES string of the molecule is C=CCOc1ccc(/C=C/C(=O)NC[C@H](C)c2ccccc2)cc1. The largest absolute Gasteiger partial charge is 0.490 e. The van der Waals surface area contributed by atoms with Gasteiger partial charge in [0.2, 0.25) is 5.91 Å². The third kappa shape index (κ3) is 5.76. The molecule has 0 heterocycles. The minimum Gasteiger partial charge on any atom is -0.490 e. The number of benzene rings is 2. The van der Waals surface area contributed by atoms with Crippen molar-refractivity contribution in [2.75, 3.05) is 13.2 Å². The molecule has 1 N–H and O–H groups in total. The van der Waals surface area contributed by atoms with Gasteiger partial charge in [-0.25, -0.2) is 0 Å². The Bertz CT molecular complexity index is 675. The maximum absolute atomic E-state index is 11.9. The van der Waals surface area contributed by atoms with Gasteiger partial charge in [0.15, 0.2) is 0 Å². The van der Waals surface area contributed by atoms with Crippen LogP contribution in [0.15, 0.2) is 73.3 Å². The summed E-state index contributed by atoms with van der Waals surface area (Å²) >= 11 is 0. The number of carbonyl (C=O) groups is 1. The Kier molecular flexibility index (Phi) is 6.84. The Morgan fingerprint density at radius 2 is 1.88 bits per heavy atom. The summed E-state index contributed by atoms with van der Waals surface area (Å²) in [5.41, 5.74) is 2.17. The van der Waals surface area contributed by atoms with Crippen LogP contribution in [0.25, 0.3) is 6.08 Å².